The van der Waals surface area contributed by atoms with Crippen LogP contribution in [0.25, 0.3) is 0 Å². The third-order valence-corrected chi connectivity index (χ3v) is 4.83. The van der Waals surface area contributed by atoms with Crippen molar-refractivity contribution in [3.8, 4) is 5.75 Å². The molecule has 1 heterocycles. The number of hydrogen-bond donors (Lipinski definition) is 1. The van der Waals surface area contributed by atoms with Gasteiger partial charge in [-0.2, -0.15) is 0 Å². The predicted molar refractivity (Wildman–Crippen MR) is 77.2 cm³/mol. The molecule has 3 atom stereocenters. The molecule has 4 nitrogen and oxygen atoms in total. The Bertz CT molecular complexity index is 608. The molecule has 0 spiro atoms. The average Bonchev–Trinajstić information content (AvgIpc) is 2.95. The van der Waals surface area contributed by atoms with Crippen LogP contribution in [0.2, 0.25) is 0 Å². The number of ether oxygens (including phenoxy) is 2. The first kappa shape index (κ1) is 13.6. The van der Waals surface area contributed by atoms with Crippen molar-refractivity contribution in [1.82, 2.24) is 0 Å². The maximum Gasteiger partial charge on any atom is 0.337 e. The molecule has 5 heteroatoms. The lowest BCUT2D eigenvalue weighted by Gasteiger charge is -2.17. The van der Waals surface area contributed by atoms with E-state index in [2.05, 4.69) is 28.1 Å². The van der Waals surface area contributed by atoms with Crippen molar-refractivity contribution < 1.29 is 19.4 Å². The van der Waals surface area contributed by atoms with E-state index >= 15 is 0 Å². The summed E-state index contributed by atoms with van der Waals surface area (Å²) in [7, 11) is 1.40. The van der Waals surface area contributed by atoms with Gasteiger partial charge < -0.3 is 14.6 Å². The summed E-state index contributed by atoms with van der Waals surface area (Å²) in [5, 5.41) is 9.31. The normalized spacial score (nSPS) is 24.1. The first-order valence-corrected chi connectivity index (χ1v) is 7.25. The summed E-state index contributed by atoms with van der Waals surface area (Å²) in [6, 6.07) is 1.79. The van der Waals surface area contributed by atoms with Crippen LogP contribution in [0.1, 0.15) is 35.1 Å². The summed E-state index contributed by atoms with van der Waals surface area (Å²) in [5.41, 5.74) is 2.76. The van der Waals surface area contributed by atoms with Crippen LogP contribution < -0.4 is 4.74 Å². The van der Waals surface area contributed by atoms with E-state index in [9.17, 15) is 9.90 Å². The smallest absolute Gasteiger partial charge is 0.337 e. The molecule has 0 saturated heterocycles. The summed E-state index contributed by atoms with van der Waals surface area (Å²) in [6.07, 6.45) is 4.19. The number of methoxy groups -OCH3 is 1. The molecule has 20 heavy (non-hydrogen) atoms. The zero-order valence-electron chi connectivity index (χ0n) is 11.2. The second-order valence-corrected chi connectivity index (χ2v) is 5.97. The molecule has 2 aliphatic rings. The van der Waals surface area contributed by atoms with Gasteiger partial charge in [0.15, 0.2) is 6.10 Å². The Morgan fingerprint density at radius 3 is 3.00 bits per heavy atom. The molecular weight excluding hydrogens is 324 g/mol. The molecule has 0 radical (unpaired) electrons. The van der Waals surface area contributed by atoms with Crippen LogP contribution in [0.4, 0.5) is 0 Å². The summed E-state index contributed by atoms with van der Waals surface area (Å²) >= 11 is 3.52. The SMILES string of the molecule is COC(C(=O)O)c1cc(Br)c(C)c2c1O[C@@H]1CC=C[C@H]21. The Kier molecular flexibility index (Phi) is 3.34. The topological polar surface area (TPSA) is 55.8 Å². The van der Waals surface area contributed by atoms with Gasteiger partial charge in [0.1, 0.15) is 11.9 Å². The lowest BCUT2D eigenvalue weighted by Crippen LogP contribution is -2.16. The Balaban J connectivity index is 2.19. The predicted octanol–water partition coefficient (Wildman–Crippen LogP) is 3.33. The molecule has 0 amide bonds. The van der Waals surface area contributed by atoms with Gasteiger partial charge in [0.05, 0.1) is 0 Å². The Morgan fingerprint density at radius 2 is 2.35 bits per heavy atom. The zero-order valence-corrected chi connectivity index (χ0v) is 12.8. The number of halogens is 1. The van der Waals surface area contributed by atoms with Crippen molar-refractivity contribution in [2.24, 2.45) is 0 Å². The first-order chi connectivity index (χ1) is 9.54. The van der Waals surface area contributed by atoms with Gasteiger partial charge in [-0.25, -0.2) is 4.79 Å². The Hall–Kier alpha value is -1.33. The van der Waals surface area contributed by atoms with Crippen molar-refractivity contribution in [1.29, 1.82) is 0 Å². The number of benzene rings is 1. The summed E-state index contributed by atoms with van der Waals surface area (Å²) in [4.78, 5) is 11.4. The maximum atomic E-state index is 11.4. The standard InChI is InChI=1S/C15H15BrO4/c1-7-10(16)6-9(14(19-2)15(17)18)13-12(7)8-4-3-5-11(8)20-13/h3-4,6,8,11,14H,5H2,1-2H3,(H,17,18)/t8-,11+,14?/m0/s1. The molecule has 0 fully saturated rings. The number of rotatable bonds is 3. The summed E-state index contributed by atoms with van der Waals surface area (Å²) < 4.78 is 12.0. The van der Waals surface area contributed by atoms with Crippen LogP contribution in [0.3, 0.4) is 0 Å². The van der Waals surface area contributed by atoms with Crippen LogP contribution in [0.5, 0.6) is 5.75 Å². The van der Waals surface area contributed by atoms with Crippen LogP contribution in [0.15, 0.2) is 22.7 Å². The molecule has 1 unspecified atom stereocenters. The van der Waals surface area contributed by atoms with Gasteiger partial charge in [-0.3, -0.25) is 0 Å². The van der Waals surface area contributed by atoms with Crippen molar-refractivity contribution in [3.63, 3.8) is 0 Å². The van der Waals surface area contributed by atoms with Gasteiger partial charge in [-0.05, 0) is 18.6 Å². The van der Waals surface area contributed by atoms with E-state index in [1.807, 2.05) is 6.92 Å². The van der Waals surface area contributed by atoms with E-state index in [1.54, 1.807) is 6.07 Å². The third-order valence-electron chi connectivity index (χ3n) is 4.01. The number of carboxylic acids is 1. The minimum Gasteiger partial charge on any atom is -0.488 e. The number of carbonyl (C=O) groups is 1. The van der Waals surface area contributed by atoms with Crippen LogP contribution in [0, 0.1) is 6.92 Å². The zero-order chi connectivity index (χ0) is 14.4. The monoisotopic (exact) mass is 338 g/mol. The number of fused-ring (bicyclic) bond motifs is 3. The van der Waals surface area contributed by atoms with Gasteiger partial charge in [0.25, 0.3) is 0 Å². The Morgan fingerprint density at radius 1 is 1.60 bits per heavy atom. The molecule has 1 aliphatic heterocycles. The highest BCUT2D eigenvalue weighted by molar-refractivity contribution is 9.10. The fourth-order valence-corrected chi connectivity index (χ4v) is 3.50. The van der Waals surface area contributed by atoms with Crippen molar-refractivity contribution in [2.75, 3.05) is 7.11 Å². The van der Waals surface area contributed by atoms with E-state index in [0.717, 1.165) is 22.0 Å². The van der Waals surface area contributed by atoms with Crippen molar-refractivity contribution in [3.05, 3.63) is 39.4 Å². The number of carboxylic acid groups (broad SMARTS) is 1. The largest absolute Gasteiger partial charge is 0.488 e. The number of aliphatic carboxylic acids is 1. The lowest BCUT2D eigenvalue weighted by atomic mass is 9.91. The summed E-state index contributed by atoms with van der Waals surface area (Å²) in [5.74, 6) is -0.117. The quantitative estimate of drug-likeness (QED) is 0.859. The second kappa shape index (κ2) is 4.90. The first-order valence-electron chi connectivity index (χ1n) is 6.46. The second-order valence-electron chi connectivity index (χ2n) is 5.12. The molecule has 106 valence electrons. The molecule has 1 aliphatic carbocycles. The third kappa shape index (κ3) is 1.88. The van der Waals surface area contributed by atoms with Crippen molar-refractivity contribution in [2.45, 2.75) is 31.5 Å². The molecule has 3 rings (SSSR count). The molecule has 1 aromatic rings. The highest BCUT2D eigenvalue weighted by atomic mass is 79.9. The molecular formula is C15H15BrO4. The lowest BCUT2D eigenvalue weighted by molar-refractivity contribution is -0.149. The molecule has 1 N–H and O–H groups in total. The van der Waals surface area contributed by atoms with E-state index in [-0.39, 0.29) is 12.0 Å². The highest BCUT2D eigenvalue weighted by Gasteiger charge is 2.40. The minimum atomic E-state index is -1.01. The van der Waals surface area contributed by atoms with E-state index in [0.29, 0.717) is 11.3 Å². The van der Waals surface area contributed by atoms with E-state index in [4.69, 9.17) is 9.47 Å². The maximum absolute atomic E-state index is 11.4. The van der Waals surface area contributed by atoms with Gasteiger partial charge in [0, 0.05) is 35.0 Å². The van der Waals surface area contributed by atoms with Crippen molar-refractivity contribution >= 4 is 21.9 Å². The average molecular weight is 339 g/mol. The van der Waals surface area contributed by atoms with E-state index in [1.165, 1.54) is 7.11 Å². The van der Waals surface area contributed by atoms with E-state index < -0.39 is 12.1 Å². The number of hydrogen-bond acceptors (Lipinski definition) is 3. The van der Waals surface area contributed by atoms with Gasteiger partial charge in [-0.1, -0.05) is 28.1 Å². The molecule has 1 aromatic carbocycles. The molecule has 0 bridgehead atoms. The fourth-order valence-electron chi connectivity index (χ4n) is 3.04. The van der Waals surface area contributed by atoms with Gasteiger partial charge >= 0.3 is 5.97 Å². The summed E-state index contributed by atoms with van der Waals surface area (Å²) in [6.45, 7) is 2.02. The van der Waals surface area contributed by atoms with Crippen LogP contribution in [-0.4, -0.2) is 24.3 Å². The Labute approximate surface area is 125 Å². The highest BCUT2D eigenvalue weighted by Crippen LogP contribution is 2.50. The van der Waals surface area contributed by atoms with Gasteiger partial charge in [-0.15, -0.1) is 0 Å². The van der Waals surface area contributed by atoms with Crippen LogP contribution >= 0.6 is 15.9 Å². The fraction of sp³-hybridized carbons (Fsp3) is 0.400. The molecule has 0 saturated carbocycles. The minimum absolute atomic E-state index is 0.0862. The van der Waals surface area contributed by atoms with Crippen LogP contribution in [-0.2, 0) is 9.53 Å². The van der Waals surface area contributed by atoms with Gasteiger partial charge in [0.2, 0.25) is 0 Å². The molecule has 0 aromatic heterocycles.